The number of aliphatic hydroxyl groups excluding tert-OH is 1. The predicted octanol–water partition coefficient (Wildman–Crippen LogP) is 4.14. The topological polar surface area (TPSA) is 55.5 Å². The maximum atomic E-state index is 9.52. The molecule has 3 nitrogen and oxygen atoms in total. The van der Waals surface area contributed by atoms with Gasteiger partial charge in [-0.15, -0.1) is 0 Å². The Hall–Kier alpha value is -1.84. The van der Waals surface area contributed by atoms with Crippen molar-refractivity contribution in [3.8, 4) is 5.75 Å². The van der Waals surface area contributed by atoms with Crippen molar-refractivity contribution in [1.29, 1.82) is 0 Å². The molecular formula is C24H31NO2. The molecule has 0 spiro atoms. The first-order chi connectivity index (χ1) is 13.0. The lowest BCUT2D eigenvalue weighted by Gasteiger charge is -2.26. The molecule has 0 saturated heterocycles. The van der Waals surface area contributed by atoms with Crippen LogP contribution in [0.5, 0.6) is 5.75 Å². The van der Waals surface area contributed by atoms with Gasteiger partial charge in [0.05, 0.1) is 13.2 Å². The monoisotopic (exact) mass is 365 g/mol. The minimum atomic E-state index is -0.376. The van der Waals surface area contributed by atoms with Gasteiger partial charge in [-0.2, -0.15) is 0 Å². The molecule has 0 amide bonds. The summed E-state index contributed by atoms with van der Waals surface area (Å²) in [5.74, 6) is 2.06. The summed E-state index contributed by atoms with van der Waals surface area (Å²) in [4.78, 5) is 0. The zero-order chi connectivity index (χ0) is 18.9. The highest BCUT2D eigenvalue weighted by Crippen LogP contribution is 2.40. The predicted molar refractivity (Wildman–Crippen MR) is 109 cm³/mol. The number of hydrogen-bond acceptors (Lipinski definition) is 3. The first kappa shape index (κ1) is 18.5. The van der Waals surface area contributed by atoms with E-state index in [9.17, 15) is 5.11 Å². The zero-order valence-electron chi connectivity index (χ0n) is 16.3. The molecule has 0 heterocycles. The third-order valence-corrected chi connectivity index (χ3v) is 6.47. The molecule has 0 bridgehead atoms. The number of rotatable bonds is 5. The van der Waals surface area contributed by atoms with Gasteiger partial charge >= 0.3 is 0 Å². The molecule has 3 heteroatoms. The Morgan fingerprint density at radius 1 is 1.15 bits per heavy atom. The van der Waals surface area contributed by atoms with E-state index in [2.05, 4.69) is 43.3 Å². The van der Waals surface area contributed by atoms with E-state index < -0.39 is 0 Å². The molecule has 0 aliphatic heterocycles. The molecule has 1 fully saturated rings. The minimum Gasteiger partial charge on any atom is -0.493 e. The van der Waals surface area contributed by atoms with Gasteiger partial charge in [-0.3, -0.25) is 0 Å². The first-order valence-corrected chi connectivity index (χ1v) is 10.3. The van der Waals surface area contributed by atoms with E-state index >= 15 is 0 Å². The molecular weight excluding hydrogens is 334 g/mol. The largest absolute Gasteiger partial charge is 0.493 e. The van der Waals surface area contributed by atoms with Crippen LogP contribution in [0.4, 0.5) is 0 Å². The highest BCUT2D eigenvalue weighted by atomic mass is 16.5. The lowest BCUT2D eigenvalue weighted by Crippen LogP contribution is -2.40. The summed E-state index contributed by atoms with van der Waals surface area (Å²) in [7, 11) is 0. The highest BCUT2D eigenvalue weighted by Gasteiger charge is 2.36. The summed E-state index contributed by atoms with van der Waals surface area (Å²) < 4.78 is 6.04. The van der Waals surface area contributed by atoms with E-state index in [0.29, 0.717) is 11.8 Å². The van der Waals surface area contributed by atoms with Crippen LogP contribution in [0.25, 0.3) is 0 Å². The van der Waals surface area contributed by atoms with Gasteiger partial charge in [0.2, 0.25) is 0 Å². The normalized spacial score (nSPS) is 27.4. The molecule has 27 heavy (non-hydrogen) atoms. The fourth-order valence-corrected chi connectivity index (χ4v) is 4.75. The van der Waals surface area contributed by atoms with Gasteiger partial charge in [0, 0.05) is 5.54 Å². The van der Waals surface area contributed by atoms with Crippen molar-refractivity contribution in [3.05, 3.63) is 64.7 Å². The highest BCUT2D eigenvalue weighted by molar-refractivity contribution is 5.37. The Bertz CT molecular complexity index is 803. The van der Waals surface area contributed by atoms with E-state index in [-0.39, 0.29) is 12.1 Å². The van der Waals surface area contributed by atoms with Gasteiger partial charge in [-0.25, -0.2) is 0 Å². The van der Waals surface area contributed by atoms with Crippen molar-refractivity contribution < 1.29 is 9.84 Å². The molecule has 3 N–H and O–H groups in total. The second-order valence-electron chi connectivity index (χ2n) is 8.72. The van der Waals surface area contributed by atoms with Gasteiger partial charge in [0.1, 0.15) is 5.75 Å². The molecule has 1 unspecified atom stereocenters. The number of aliphatic hydroxyl groups is 1. The van der Waals surface area contributed by atoms with Crippen molar-refractivity contribution in [2.45, 2.75) is 56.9 Å². The van der Waals surface area contributed by atoms with E-state index in [4.69, 9.17) is 10.5 Å². The third-order valence-electron chi connectivity index (χ3n) is 6.47. The molecule has 2 aromatic rings. The number of aryl methyl sites for hydroxylation is 2. The van der Waals surface area contributed by atoms with E-state index in [1.165, 1.54) is 28.7 Å². The first-order valence-electron chi connectivity index (χ1n) is 10.3. The number of nitrogens with two attached hydrogens (primary N) is 1. The van der Waals surface area contributed by atoms with Crippen molar-refractivity contribution in [2.24, 2.45) is 11.7 Å². The maximum absolute atomic E-state index is 9.52. The summed E-state index contributed by atoms with van der Waals surface area (Å²) >= 11 is 0. The number of ether oxygens (including phenoxy) is 1. The van der Waals surface area contributed by atoms with E-state index in [0.717, 1.165) is 44.5 Å². The summed E-state index contributed by atoms with van der Waals surface area (Å²) in [6.07, 6.45) is 6.32. The molecule has 2 aliphatic rings. The Morgan fingerprint density at radius 2 is 2.04 bits per heavy atom. The molecule has 0 radical (unpaired) electrons. The van der Waals surface area contributed by atoms with Gasteiger partial charge in [0.15, 0.2) is 0 Å². The van der Waals surface area contributed by atoms with Gasteiger partial charge in [0.25, 0.3) is 0 Å². The van der Waals surface area contributed by atoms with Crippen LogP contribution in [0, 0.1) is 12.8 Å². The molecule has 0 aromatic heterocycles. The number of fused-ring (bicyclic) bond motifs is 1. The van der Waals surface area contributed by atoms with Gasteiger partial charge in [-0.05, 0) is 91.7 Å². The second kappa shape index (κ2) is 7.65. The van der Waals surface area contributed by atoms with Crippen LogP contribution >= 0.6 is 0 Å². The molecule has 4 rings (SSSR count). The van der Waals surface area contributed by atoms with E-state index in [1.807, 2.05) is 6.07 Å². The number of hydrogen-bond donors (Lipinski definition) is 2. The van der Waals surface area contributed by atoms with Crippen molar-refractivity contribution >= 4 is 0 Å². The fraction of sp³-hybridized carbons (Fsp3) is 0.500. The summed E-state index contributed by atoms with van der Waals surface area (Å²) in [5, 5.41) is 9.52. The maximum Gasteiger partial charge on any atom is 0.119 e. The van der Waals surface area contributed by atoms with Gasteiger partial charge < -0.3 is 15.6 Å². The Kier molecular flexibility index (Phi) is 5.25. The lowest BCUT2D eigenvalue weighted by atomic mass is 9.82. The Balaban J connectivity index is 1.38. The van der Waals surface area contributed by atoms with Crippen LogP contribution in [-0.4, -0.2) is 23.9 Å². The standard InChI is InChI=1S/C24H31NO2/c1-17-3-2-4-23(11-17)27-15-18-5-6-20-13-21(8-7-19(20)12-18)22-9-10-24(25,14-22)16-26/h2-4,7-8,11,13,18,22,26H,5-6,9-10,12,14-16,25H2,1H3/t18?,22-,24+/m0/s1. The molecule has 3 atom stereocenters. The number of benzene rings is 2. The van der Waals surface area contributed by atoms with Crippen molar-refractivity contribution in [2.75, 3.05) is 13.2 Å². The van der Waals surface area contributed by atoms with Crippen LogP contribution in [-0.2, 0) is 12.8 Å². The smallest absolute Gasteiger partial charge is 0.119 e. The van der Waals surface area contributed by atoms with Crippen molar-refractivity contribution in [1.82, 2.24) is 0 Å². The summed E-state index contributed by atoms with van der Waals surface area (Å²) in [6.45, 7) is 2.98. The SMILES string of the molecule is Cc1cccc(OCC2CCc3cc([C@H]4CC[C@](N)(CO)C4)ccc3C2)c1. The molecule has 1 saturated carbocycles. The van der Waals surface area contributed by atoms with Crippen LogP contribution in [0.15, 0.2) is 42.5 Å². The molecule has 2 aromatic carbocycles. The third kappa shape index (κ3) is 4.20. The Morgan fingerprint density at radius 3 is 2.81 bits per heavy atom. The van der Waals surface area contributed by atoms with Crippen LogP contribution in [0.2, 0.25) is 0 Å². The molecule has 2 aliphatic carbocycles. The summed E-state index contributed by atoms with van der Waals surface area (Å²) in [6, 6.07) is 15.3. The van der Waals surface area contributed by atoms with Crippen LogP contribution in [0.3, 0.4) is 0 Å². The van der Waals surface area contributed by atoms with Crippen LogP contribution < -0.4 is 10.5 Å². The quantitative estimate of drug-likeness (QED) is 0.837. The second-order valence-corrected chi connectivity index (χ2v) is 8.72. The van der Waals surface area contributed by atoms with Crippen LogP contribution in [0.1, 0.15) is 53.9 Å². The zero-order valence-corrected chi connectivity index (χ0v) is 16.3. The fourth-order valence-electron chi connectivity index (χ4n) is 4.75. The lowest BCUT2D eigenvalue weighted by molar-refractivity contribution is 0.198. The van der Waals surface area contributed by atoms with E-state index in [1.54, 1.807) is 0 Å². The average molecular weight is 366 g/mol. The average Bonchev–Trinajstić information content (AvgIpc) is 3.09. The Labute approximate surface area is 162 Å². The molecule has 144 valence electrons. The minimum absolute atomic E-state index is 0.0943. The van der Waals surface area contributed by atoms with Crippen molar-refractivity contribution in [3.63, 3.8) is 0 Å². The van der Waals surface area contributed by atoms with Gasteiger partial charge in [-0.1, -0.05) is 30.3 Å². The summed E-state index contributed by atoms with van der Waals surface area (Å²) in [5.41, 5.74) is 11.5.